The highest BCUT2D eigenvalue weighted by atomic mass is 35.6. The van der Waals surface area contributed by atoms with Crippen molar-refractivity contribution in [3.63, 3.8) is 0 Å². The molecule has 0 aliphatic heterocycles. The number of phenolic OH excluding ortho intramolecular Hbond substituents is 1. The van der Waals surface area contributed by atoms with Gasteiger partial charge in [-0.1, -0.05) is 52.1 Å². The van der Waals surface area contributed by atoms with Crippen molar-refractivity contribution in [2.24, 2.45) is 0 Å². The van der Waals surface area contributed by atoms with E-state index in [4.69, 9.17) is 16.2 Å². The Labute approximate surface area is 98.8 Å². The van der Waals surface area contributed by atoms with E-state index in [0.717, 1.165) is 0 Å². The normalized spacial score (nSPS) is 11.6. The molecule has 0 heterocycles. The smallest absolute Gasteiger partial charge is 0.155 e. The molecule has 86 valence electrons. The van der Waals surface area contributed by atoms with Crippen LogP contribution in [0.5, 0.6) is 5.75 Å². The van der Waals surface area contributed by atoms with Gasteiger partial charge in [-0.2, -0.15) is 11.1 Å². The van der Waals surface area contributed by atoms with E-state index in [1.54, 1.807) is 24.3 Å². The van der Waals surface area contributed by atoms with Crippen LogP contribution in [0.4, 0.5) is 0 Å². The zero-order valence-corrected chi connectivity index (χ0v) is 12.0. The highest BCUT2D eigenvalue weighted by Crippen LogP contribution is 2.38. The third-order valence-electron chi connectivity index (χ3n) is 2.54. The van der Waals surface area contributed by atoms with Gasteiger partial charge in [-0.15, -0.1) is 0 Å². The van der Waals surface area contributed by atoms with E-state index in [-0.39, 0.29) is 0 Å². The van der Waals surface area contributed by atoms with E-state index < -0.39 is 7.38 Å². The van der Waals surface area contributed by atoms with Crippen LogP contribution < -0.4 is 0 Å². The Morgan fingerprint density at radius 2 is 1.40 bits per heavy atom. The summed E-state index contributed by atoms with van der Waals surface area (Å²) in [7, 11) is -1.39. The van der Waals surface area contributed by atoms with Crippen molar-refractivity contribution in [3.05, 3.63) is 30.3 Å². The third kappa shape index (κ3) is 6.58. The van der Waals surface area contributed by atoms with Crippen LogP contribution in [0.3, 0.4) is 0 Å². The second kappa shape index (κ2) is 5.57. The molecule has 0 bridgehead atoms. The number of hydrogen-bond acceptors (Lipinski definition) is 1. The molecule has 1 aromatic carbocycles. The molecule has 0 aliphatic carbocycles. The number of aromatic hydroxyl groups is 1. The molecular formula is C12H21ClOSi. The predicted octanol–water partition coefficient (Wildman–Crippen LogP) is 4.62. The number of halogens is 1. The molecule has 1 N–H and O–H groups in total. The molecule has 0 spiro atoms. The maximum absolute atomic E-state index is 8.63. The molecule has 0 fully saturated rings. The molecule has 15 heavy (non-hydrogen) atoms. The number of phenols is 1. The van der Waals surface area contributed by atoms with Gasteiger partial charge in [0.1, 0.15) is 5.75 Å². The number of rotatable bonds is 0. The number of hydrogen-bond donors (Lipinski definition) is 1. The average molecular weight is 245 g/mol. The summed E-state index contributed by atoms with van der Waals surface area (Å²) >= 11 is 6.15. The second-order valence-electron chi connectivity index (χ2n) is 5.06. The van der Waals surface area contributed by atoms with Gasteiger partial charge >= 0.3 is 0 Å². The molecular weight excluding hydrogens is 224 g/mol. The first kappa shape index (κ1) is 14.5. The summed E-state index contributed by atoms with van der Waals surface area (Å²) in [6.07, 6.45) is 0. The molecule has 0 amide bonds. The Kier molecular flexibility index (Phi) is 5.39. The predicted molar refractivity (Wildman–Crippen MR) is 71.2 cm³/mol. The van der Waals surface area contributed by atoms with Crippen molar-refractivity contribution >= 4 is 18.5 Å². The first-order chi connectivity index (χ1) is 6.64. The zero-order valence-electron chi connectivity index (χ0n) is 10.2. The minimum absolute atomic E-state index is 0.322. The van der Waals surface area contributed by atoms with Crippen molar-refractivity contribution in [1.29, 1.82) is 0 Å². The van der Waals surface area contributed by atoms with Gasteiger partial charge in [0.2, 0.25) is 0 Å². The van der Waals surface area contributed by atoms with Crippen molar-refractivity contribution in [2.75, 3.05) is 0 Å². The lowest BCUT2D eigenvalue weighted by atomic mass is 10.2. The second-order valence-corrected chi connectivity index (χ2v) is 12.3. The maximum atomic E-state index is 8.63. The zero-order chi connectivity index (χ0) is 12.1. The van der Waals surface area contributed by atoms with Crippen LogP contribution in [0.25, 0.3) is 0 Å². The van der Waals surface area contributed by atoms with E-state index >= 15 is 0 Å². The summed E-state index contributed by atoms with van der Waals surface area (Å²) in [5, 5.41) is 8.97. The van der Waals surface area contributed by atoms with Crippen LogP contribution in [0.2, 0.25) is 18.1 Å². The highest BCUT2D eigenvalue weighted by Gasteiger charge is 2.32. The van der Waals surface area contributed by atoms with Gasteiger partial charge in [0.15, 0.2) is 7.38 Å². The summed E-state index contributed by atoms with van der Waals surface area (Å²) in [5.41, 5.74) is 0. The van der Waals surface area contributed by atoms with E-state index in [1.165, 1.54) is 0 Å². The van der Waals surface area contributed by atoms with Gasteiger partial charge in [0.25, 0.3) is 0 Å². The van der Waals surface area contributed by atoms with Gasteiger partial charge in [-0.25, -0.2) is 0 Å². The van der Waals surface area contributed by atoms with E-state index in [2.05, 4.69) is 33.9 Å². The Bertz CT molecular complexity index is 260. The van der Waals surface area contributed by atoms with E-state index in [0.29, 0.717) is 10.8 Å². The standard InChI is InChI=1S/C6H15ClSi.C6H6O/c1-6(2,3)8(4,5)7;7-6-4-2-1-3-5-6/h1-5H3;1-5,7H. The summed E-state index contributed by atoms with van der Waals surface area (Å²) in [4.78, 5) is 0. The fraction of sp³-hybridized carbons (Fsp3) is 0.500. The average Bonchev–Trinajstić information content (AvgIpc) is 2.02. The fourth-order valence-electron chi connectivity index (χ4n) is 0.428. The topological polar surface area (TPSA) is 20.2 Å². The molecule has 1 aromatic rings. The molecule has 0 saturated heterocycles. The molecule has 0 atom stereocenters. The fourth-order valence-corrected chi connectivity index (χ4v) is 0.428. The van der Waals surface area contributed by atoms with E-state index in [1.807, 2.05) is 6.07 Å². The van der Waals surface area contributed by atoms with Gasteiger partial charge < -0.3 is 5.11 Å². The molecule has 1 rings (SSSR count). The van der Waals surface area contributed by atoms with Gasteiger partial charge in [-0.05, 0) is 17.2 Å². The Morgan fingerprint density at radius 3 is 1.53 bits per heavy atom. The SMILES string of the molecule is CC(C)(C)[Si](C)(C)Cl.Oc1ccccc1. The lowest BCUT2D eigenvalue weighted by Gasteiger charge is -2.29. The van der Waals surface area contributed by atoms with Crippen LogP contribution >= 0.6 is 11.1 Å². The molecule has 3 heteroatoms. The van der Waals surface area contributed by atoms with E-state index in [9.17, 15) is 0 Å². The maximum Gasteiger partial charge on any atom is 0.155 e. The molecule has 0 radical (unpaired) electrons. The number of benzene rings is 1. The monoisotopic (exact) mass is 244 g/mol. The minimum atomic E-state index is -1.39. The first-order valence-electron chi connectivity index (χ1n) is 5.07. The highest BCUT2D eigenvalue weighted by molar-refractivity contribution is 7.20. The Morgan fingerprint density at radius 1 is 1.07 bits per heavy atom. The van der Waals surface area contributed by atoms with Crippen LogP contribution in [-0.2, 0) is 0 Å². The van der Waals surface area contributed by atoms with Crippen LogP contribution in [0, 0.1) is 0 Å². The molecule has 0 saturated carbocycles. The lowest BCUT2D eigenvalue weighted by Crippen LogP contribution is -2.29. The van der Waals surface area contributed by atoms with Gasteiger partial charge in [0, 0.05) is 0 Å². The Balaban J connectivity index is 0.000000262. The third-order valence-corrected chi connectivity index (χ3v) is 7.81. The van der Waals surface area contributed by atoms with Gasteiger partial charge in [-0.3, -0.25) is 0 Å². The summed E-state index contributed by atoms with van der Waals surface area (Å²) < 4.78 is 0. The summed E-state index contributed by atoms with van der Waals surface area (Å²) in [5.74, 6) is 0.322. The summed E-state index contributed by atoms with van der Waals surface area (Å²) in [6.45, 7) is 11.0. The van der Waals surface area contributed by atoms with Crippen molar-refractivity contribution in [3.8, 4) is 5.75 Å². The molecule has 0 aromatic heterocycles. The van der Waals surface area contributed by atoms with Crippen LogP contribution in [-0.4, -0.2) is 12.5 Å². The largest absolute Gasteiger partial charge is 0.508 e. The lowest BCUT2D eigenvalue weighted by molar-refractivity contribution is 0.475. The minimum Gasteiger partial charge on any atom is -0.508 e. The molecule has 0 aliphatic rings. The number of para-hydroxylation sites is 1. The van der Waals surface area contributed by atoms with Crippen molar-refractivity contribution in [1.82, 2.24) is 0 Å². The molecule has 1 nitrogen and oxygen atoms in total. The Hall–Kier alpha value is -0.473. The van der Waals surface area contributed by atoms with Crippen molar-refractivity contribution < 1.29 is 5.11 Å². The van der Waals surface area contributed by atoms with Gasteiger partial charge in [0.05, 0.1) is 0 Å². The quantitative estimate of drug-likeness (QED) is 0.522. The van der Waals surface area contributed by atoms with Crippen LogP contribution in [0.1, 0.15) is 20.8 Å². The van der Waals surface area contributed by atoms with Crippen molar-refractivity contribution in [2.45, 2.75) is 38.9 Å². The molecule has 0 unspecified atom stereocenters. The first-order valence-corrected chi connectivity index (χ1v) is 9.09. The summed E-state index contributed by atoms with van der Waals surface area (Å²) in [6, 6.07) is 8.71. The van der Waals surface area contributed by atoms with Crippen LogP contribution in [0.15, 0.2) is 30.3 Å².